The molecule has 6 heteroatoms. The second-order valence-corrected chi connectivity index (χ2v) is 6.29. The largest absolute Gasteiger partial charge is 0.336 e. The first-order chi connectivity index (χ1) is 11.3. The van der Waals surface area contributed by atoms with Crippen LogP contribution in [0.1, 0.15) is 20.8 Å². The zero-order chi connectivity index (χ0) is 17.7. The van der Waals surface area contributed by atoms with E-state index in [2.05, 4.69) is 15.8 Å². The van der Waals surface area contributed by atoms with Crippen LogP contribution in [0.25, 0.3) is 0 Å². The van der Waals surface area contributed by atoms with E-state index in [-0.39, 0.29) is 17.4 Å². The Labute approximate surface area is 139 Å². The number of nitrogens with zero attached hydrogens (tertiary/aromatic N) is 1. The molecule has 2 aromatic carbocycles. The lowest BCUT2D eigenvalue weighted by Crippen LogP contribution is -2.34. The van der Waals surface area contributed by atoms with Gasteiger partial charge in [-0.1, -0.05) is 26.8 Å². The van der Waals surface area contributed by atoms with Gasteiger partial charge in [0.25, 0.3) is 0 Å². The van der Waals surface area contributed by atoms with E-state index in [9.17, 15) is 13.6 Å². The molecule has 0 bridgehead atoms. The summed E-state index contributed by atoms with van der Waals surface area (Å²) in [5, 5.41) is 6.91. The second kappa shape index (κ2) is 7.21. The lowest BCUT2D eigenvalue weighted by molar-refractivity contribution is -0.119. The molecule has 0 radical (unpaired) electrons. The molecule has 0 aliphatic rings. The van der Waals surface area contributed by atoms with Crippen molar-refractivity contribution in [2.45, 2.75) is 20.8 Å². The molecular weight excluding hydrogens is 312 g/mol. The minimum Gasteiger partial charge on any atom is -0.336 e. The van der Waals surface area contributed by atoms with E-state index in [1.807, 2.05) is 0 Å². The number of anilines is 2. The Balaban J connectivity index is 2.26. The molecule has 0 aromatic heterocycles. The maximum atomic E-state index is 13.3. The number of amidine groups is 1. The van der Waals surface area contributed by atoms with Gasteiger partial charge in [-0.25, -0.2) is 8.78 Å². The lowest BCUT2D eigenvalue weighted by Gasteiger charge is -2.19. The maximum Gasteiger partial charge on any atom is 0.205 e. The van der Waals surface area contributed by atoms with Crippen LogP contribution >= 0.6 is 0 Å². The zero-order valence-electron chi connectivity index (χ0n) is 13.7. The number of carbonyl (C=O) groups excluding carboxylic acids is 1. The van der Waals surface area contributed by atoms with Gasteiger partial charge in [-0.05, 0) is 42.5 Å². The fourth-order valence-electron chi connectivity index (χ4n) is 1.84. The summed E-state index contributed by atoms with van der Waals surface area (Å²) in [5.74, 6) is -0.999. The predicted molar refractivity (Wildman–Crippen MR) is 91.9 cm³/mol. The summed E-state index contributed by atoms with van der Waals surface area (Å²) in [4.78, 5) is 12.5. The Morgan fingerprint density at radius 3 is 2.21 bits per heavy atom. The number of ketones is 1. The SMILES string of the molecule is CC(C)(C)C(=O)/C(=N\Nc1ccc(F)cc1)Nc1cccc(F)c1. The molecule has 0 spiro atoms. The van der Waals surface area contributed by atoms with E-state index in [4.69, 9.17) is 0 Å². The third-order valence-corrected chi connectivity index (χ3v) is 3.12. The minimum absolute atomic E-state index is 0.0393. The molecule has 0 fully saturated rings. The highest BCUT2D eigenvalue weighted by atomic mass is 19.1. The van der Waals surface area contributed by atoms with Crippen molar-refractivity contribution >= 4 is 23.0 Å². The van der Waals surface area contributed by atoms with Gasteiger partial charge < -0.3 is 5.32 Å². The standard InChI is InChI=1S/C18H19F2N3O/c1-18(2,3)16(24)17(21-15-6-4-5-13(20)11-15)23-22-14-9-7-12(19)8-10-14/h4-11,22H,1-3H3,(H,21,23). The van der Waals surface area contributed by atoms with Gasteiger partial charge in [0.1, 0.15) is 11.6 Å². The summed E-state index contributed by atoms with van der Waals surface area (Å²) in [5.41, 5.74) is 2.96. The van der Waals surface area contributed by atoms with E-state index in [1.165, 1.54) is 42.5 Å². The maximum absolute atomic E-state index is 13.3. The molecule has 2 rings (SSSR count). The number of halogens is 2. The van der Waals surface area contributed by atoms with E-state index in [1.54, 1.807) is 26.8 Å². The molecule has 24 heavy (non-hydrogen) atoms. The number of hydrazone groups is 1. The average molecular weight is 331 g/mol. The number of rotatable bonds is 4. The monoisotopic (exact) mass is 331 g/mol. The van der Waals surface area contributed by atoms with Crippen LogP contribution in [0.2, 0.25) is 0 Å². The smallest absolute Gasteiger partial charge is 0.205 e. The van der Waals surface area contributed by atoms with Crippen molar-refractivity contribution in [2.75, 3.05) is 10.7 Å². The number of Topliss-reactive ketones (excluding diaryl/α,β-unsaturated/α-hetero) is 1. The molecule has 0 heterocycles. The Hall–Kier alpha value is -2.76. The highest BCUT2D eigenvalue weighted by Gasteiger charge is 2.27. The summed E-state index contributed by atoms with van der Waals surface area (Å²) in [7, 11) is 0. The van der Waals surface area contributed by atoms with Crippen LogP contribution in [-0.2, 0) is 4.79 Å². The van der Waals surface area contributed by atoms with Gasteiger partial charge in [0, 0.05) is 11.1 Å². The van der Waals surface area contributed by atoms with Gasteiger partial charge in [-0.3, -0.25) is 10.2 Å². The fraction of sp³-hybridized carbons (Fsp3) is 0.222. The Morgan fingerprint density at radius 2 is 1.62 bits per heavy atom. The van der Waals surface area contributed by atoms with E-state index in [0.717, 1.165) is 0 Å². The van der Waals surface area contributed by atoms with Gasteiger partial charge in [-0.15, -0.1) is 0 Å². The summed E-state index contributed by atoms with van der Waals surface area (Å²) in [6, 6.07) is 11.3. The number of hydrogen-bond acceptors (Lipinski definition) is 3. The molecule has 0 amide bonds. The highest BCUT2D eigenvalue weighted by molar-refractivity contribution is 6.44. The van der Waals surface area contributed by atoms with E-state index >= 15 is 0 Å². The molecule has 0 saturated carbocycles. The van der Waals surface area contributed by atoms with Crippen LogP contribution in [0.3, 0.4) is 0 Å². The van der Waals surface area contributed by atoms with Crippen molar-refractivity contribution in [3.05, 3.63) is 60.2 Å². The van der Waals surface area contributed by atoms with Crippen LogP contribution in [0, 0.1) is 17.0 Å². The molecule has 0 aliphatic carbocycles. The lowest BCUT2D eigenvalue weighted by atomic mass is 9.90. The van der Waals surface area contributed by atoms with Crippen molar-refractivity contribution in [3.8, 4) is 0 Å². The third kappa shape index (κ3) is 4.87. The van der Waals surface area contributed by atoms with Crippen LogP contribution in [0.4, 0.5) is 20.2 Å². The quantitative estimate of drug-likeness (QED) is 0.495. The first-order valence-electron chi connectivity index (χ1n) is 7.42. The van der Waals surface area contributed by atoms with Crippen molar-refractivity contribution < 1.29 is 13.6 Å². The Kier molecular flexibility index (Phi) is 5.28. The predicted octanol–water partition coefficient (Wildman–Crippen LogP) is 4.42. The zero-order valence-corrected chi connectivity index (χ0v) is 13.7. The minimum atomic E-state index is -0.677. The number of nitrogens with one attached hydrogen (secondary N) is 2. The fourth-order valence-corrected chi connectivity index (χ4v) is 1.84. The van der Waals surface area contributed by atoms with Gasteiger partial charge >= 0.3 is 0 Å². The van der Waals surface area contributed by atoms with Gasteiger partial charge in [0.05, 0.1) is 5.69 Å². The summed E-state index contributed by atoms with van der Waals surface area (Å²) < 4.78 is 26.3. The first-order valence-corrected chi connectivity index (χ1v) is 7.42. The molecule has 2 N–H and O–H groups in total. The van der Waals surface area contributed by atoms with Crippen LogP contribution in [0.15, 0.2) is 53.6 Å². The van der Waals surface area contributed by atoms with Crippen molar-refractivity contribution in [1.29, 1.82) is 0 Å². The summed E-state index contributed by atoms with van der Waals surface area (Å²) in [6.07, 6.45) is 0. The molecule has 4 nitrogen and oxygen atoms in total. The topological polar surface area (TPSA) is 53.5 Å². The van der Waals surface area contributed by atoms with Crippen LogP contribution in [0.5, 0.6) is 0 Å². The summed E-state index contributed by atoms with van der Waals surface area (Å²) in [6.45, 7) is 5.28. The average Bonchev–Trinajstić information content (AvgIpc) is 2.51. The second-order valence-electron chi connectivity index (χ2n) is 6.29. The normalized spacial score (nSPS) is 12.0. The first kappa shape index (κ1) is 17.6. The van der Waals surface area contributed by atoms with Crippen molar-refractivity contribution in [1.82, 2.24) is 0 Å². The van der Waals surface area contributed by atoms with E-state index < -0.39 is 11.2 Å². The van der Waals surface area contributed by atoms with Crippen LogP contribution in [-0.4, -0.2) is 11.6 Å². The van der Waals surface area contributed by atoms with Gasteiger partial charge in [0.2, 0.25) is 5.78 Å². The summed E-state index contributed by atoms with van der Waals surface area (Å²) >= 11 is 0. The van der Waals surface area contributed by atoms with Crippen molar-refractivity contribution in [2.24, 2.45) is 10.5 Å². The molecular formula is C18H19F2N3O. The number of carbonyl (C=O) groups is 1. The molecule has 0 unspecified atom stereocenters. The Bertz CT molecular complexity index is 750. The highest BCUT2D eigenvalue weighted by Crippen LogP contribution is 2.18. The van der Waals surface area contributed by atoms with Crippen LogP contribution < -0.4 is 10.7 Å². The number of benzene rings is 2. The Morgan fingerprint density at radius 1 is 0.958 bits per heavy atom. The van der Waals surface area contributed by atoms with Crippen molar-refractivity contribution in [3.63, 3.8) is 0 Å². The number of hydrogen-bond donors (Lipinski definition) is 2. The van der Waals surface area contributed by atoms with E-state index in [0.29, 0.717) is 11.4 Å². The third-order valence-electron chi connectivity index (χ3n) is 3.12. The van der Waals surface area contributed by atoms with Gasteiger partial charge in [0.15, 0.2) is 5.84 Å². The molecule has 0 saturated heterocycles. The molecule has 0 aliphatic heterocycles. The van der Waals surface area contributed by atoms with Gasteiger partial charge in [-0.2, -0.15) is 5.10 Å². The molecule has 2 aromatic rings. The molecule has 0 atom stereocenters. The molecule has 126 valence electrons.